The lowest BCUT2D eigenvalue weighted by atomic mass is 10.0. The monoisotopic (exact) mass is 324 g/mol. The molecule has 0 amide bonds. The number of rotatable bonds is 5. The third-order valence-corrected chi connectivity index (χ3v) is 4.46. The molecule has 7 nitrogen and oxygen atoms in total. The number of pyridine rings is 1. The molecule has 1 aromatic rings. The maximum atomic E-state index is 11.8. The van der Waals surface area contributed by atoms with Crippen LogP contribution in [0, 0.1) is 0 Å². The molecular formula is C16H24N2O5. The van der Waals surface area contributed by atoms with Gasteiger partial charge in [-0.25, -0.2) is 4.79 Å². The Morgan fingerprint density at radius 2 is 2.13 bits per heavy atom. The van der Waals surface area contributed by atoms with Crippen molar-refractivity contribution in [1.82, 2.24) is 9.47 Å². The predicted octanol–water partition coefficient (Wildman–Crippen LogP) is 0.935. The number of aliphatic hydroxyl groups excluding tert-OH is 1. The van der Waals surface area contributed by atoms with Gasteiger partial charge in [-0.05, 0) is 33.2 Å². The first-order valence-electron chi connectivity index (χ1n) is 7.90. The molecule has 23 heavy (non-hydrogen) atoms. The number of aliphatic hydroxyl groups is 1. The molecule has 1 aliphatic heterocycles. The number of carboxylic acids is 1. The minimum absolute atomic E-state index is 0.343. The fraction of sp³-hybridized carbons (Fsp3) is 0.625. The first-order chi connectivity index (χ1) is 10.8. The SMILES string of the molecule is CC(O)C(C(=O)O)n1cc(O)c(=O)cc1CN1CCCCC1C. The van der Waals surface area contributed by atoms with Crippen LogP contribution in [0.15, 0.2) is 17.1 Å². The highest BCUT2D eigenvalue weighted by atomic mass is 16.4. The number of aromatic nitrogens is 1. The molecule has 0 aliphatic carbocycles. The molecular weight excluding hydrogens is 300 g/mol. The van der Waals surface area contributed by atoms with Gasteiger partial charge in [-0.2, -0.15) is 0 Å². The van der Waals surface area contributed by atoms with E-state index in [4.69, 9.17) is 0 Å². The summed E-state index contributed by atoms with van der Waals surface area (Å²) in [4.78, 5) is 25.5. The summed E-state index contributed by atoms with van der Waals surface area (Å²) < 4.78 is 1.30. The Labute approximate surface area is 134 Å². The van der Waals surface area contributed by atoms with Gasteiger partial charge in [0.15, 0.2) is 11.8 Å². The van der Waals surface area contributed by atoms with Gasteiger partial charge in [0.1, 0.15) is 0 Å². The number of hydrogen-bond donors (Lipinski definition) is 3. The second-order valence-corrected chi connectivity index (χ2v) is 6.26. The molecule has 2 heterocycles. The molecule has 3 N–H and O–H groups in total. The molecule has 0 radical (unpaired) electrons. The van der Waals surface area contributed by atoms with Gasteiger partial charge in [0.05, 0.1) is 12.3 Å². The third kappa shape index (κ3) is 3.92. The fourth-order valence-corrected chi connectivity index (χ4v) is 3.12. The van der Waals surface area contributed by atoms with E-state index in [0.717, 1.165) is 32.0 Å². The Kier molecular flexibility index (Phi) is 5.43. The molecule has 1 aromatic heterocycles. The molecule has 1 aliphatic rings. The standard InChI is InChI=1S/C16H24N2O5/c1-10-5-3-4-6-17(10)8-12-7-13(20)14(21)9-18(12)15(11(2)19)16(22)23/h7,9-11,15,19,21H,3-6,8H2,1-2H3,(H,22,23). The van der Waals surface area contributed by atoms with Crippen LogP contribution in [0.2, 0.25) is 0 Å². The lowest BCUT2D eigenvalue weighted by Crippen LogP contribution is -2.39. The maximum Gasteiger partial charge on any atom is 0.329 e. The predicted molar refractivity (Wildman–Crippen MR) is 84.4 cm³/mol. The summed E-state index contributed by atoms with van der Waals surface area (Å²) >= 11 is 0. The smallest absolute Gasteiger partial charge is 0.329 e. The van der Waals surface area contributed by atoms with E-state index in [-0.39, 0.29) is 0 Å². The van der Waals surface area contributed by atoms with Crippen LogP contribution in [0.1, 0.15) is 44.8 Å². The van der Waals surface area contributed by atoms with Crippen LogP contribution in [-0.4, -0.2) is 49.4 Å². The van der Waals surface area contributed by atoms with Gasteiger partial charge in [0.2, 0.25) is 5.43 Å². The molecule has 0 saturated carbocycles. The number of hydrogen-bond acceptors (Lipinski definition) is 5. The molecule has 0 aromatic carbocycles. The highest BCUT2D eigenvalue weighted by Crippen LogP contribution is 2.22. The van der Waals surface area contributed by atoms with Crippen molar-refractivity contribution in [2.75, 3.05) is 6.54 Å². The zero-order valence-electron chi connectivity index (χ0n) is 13.5. The molecule has 7 heteroatoms. The van der Waals surface area contributed by atoms with Crippen molar-refractivity contribution in [1.29, 1.82) is 0 Å². The Morgan fingerprint density at radius 3 is 2.70 bits per heavy atom. The van der Waals surface area contributed by atoms with Crippen LogP contribution in [0.3, 0.4) is 0 Å². The highest BCUT2D eigenvalue weighted by molar-refractivity contribution is 5.72. The molecule has 3 atom stereocenters. The summed E-state index contributed by atoms with van der Waals surface area (Å²) in [6.07, 6.45) is 3.22. The van der Waals surface area contributed by atoms with Crippen LogP contribution in [0.4, 0.5) is 0 Å². The summed E-state index contributed by atoms with van der Waals surface area (Å²) in [7, 11) is 0. The Balaban J connectivity index is 2.42. The van der Waals surface area contributed by atoms with Crippen LogP contribution < -0.4 is 5.43 Å². The van der Waals surface area contributed by atoms with Crippen LogP contribution in [0.25, 0.3) is 0 Å². The zero-order valence-corrected chi connectivity index (χ0v) is 13.5. The van der Waals surface area contributed by atoms with E-state index in [9.17, 15) is 24.9 Å². The van der Waals surface area contributed by atoms with E-state index >= 15 is 0 Å². The summed E-state index contributed by atoms with van der Waals surface area (Å²) in [5.74, 6) is -1.73. The summed E-state index contributed by atoms with van der Waals surface area (Å²) in [6.45, 7) is 4.77. The molecule has 3 unspecified atom stereocenters. The van der Waals surface area contributed by atoms with Crippen LogP contribution in [-0.2, 0) is 11.3 Å². The van der Waals surface area contributed by atoms with E-state index in [1.54, 1.807) is 0 Å². The number of piperidine rings is 1. The molecule has 0 spiro atoms. The van der Waals surface area contributed by atoms with Gasteiger partial charge in [-0.1, -0.05) is 6.42 Å². The number of likely N-dealkylation sites (tertiary alicyclic amines) is 1. The minimum atomic E-state index is -1.25. The largest absolute Gasteiger partial charge is 0.503 e. The van der Waals surface area contributed by atoms with Gasteiger partial charge in [-0.15, -0.1) is 0 Å². The first kappa shape index (κ1) is 17.5. The van der Waals surface area contributed by atoms with Gasteiger partial charge >= 0.3 is 5.97 Å². The molecule has 1 fully saturated rings. The lowest BCUT2D eigenvalue weighted by Gasteiger charge is -2.34. The zero-order chi connectivity index (χ0) is 17.1. The summed E-state index contributed by atoms with van der Waals surface area (Å²) in [5.41, 5.74) is -0.0644. The molecule has 2 rings (SSSR count). The van der Waals surface area contributed by atoms with Crippen molar-refractivity contribution in [3.05, 3.63) is 28.2 Å². The minimum Gasteiger partial charge on any atom is -0.503 e. The van der Waals surface area contributed by atoms with Crippen LogP contribution >= 0.6 is 0 Å². The van der Waals surface area contributed by atoms with E-state index in [1.165, 1.54) is 17.6 Å². The molecule has 128 valence electrons. The Bertz CT molecular complexity index is 625. The Hall–Kier alpha value is -1.86. The third-order valence-electron chi connectivity index (χ3n) is 4.46. The molecule has 1 saturated heterocycles. The Morgan fingerprint density at radius 1 is 1.43 bits per heavy atom. The van der Waals surface area contributed by atoms with Gasteiger partial charge in [0, 0.05) is 24.3 Å². The fourth-order valence-electron chi connectivity index (χ4n) is 3.12. The van der Waals surface area contributed by atoms with Crippen molar-refractivity contribution in [2.45, 2.75) is 57.8 Å². The average molecular weight is 324 g/mol. The van der Waals surface area contributed by atoms with Crippen LogP contribution in [0.5, 0.6) is 5.75 Å². The second-order valence-electron chi connectivity index (χ2n) is 6.26. The lowest BCUT2D eigenvalue weighted by molar-refractivity contribution is -0.144. The van der Waals surface area contributed by atoms with Crippen molar-refractivity contribution in [3.63, 3.8) is 0 Å². The normalized spacial score (nSPS) is 21.8. The van der Waals surface area contributed by atoms with E-state index in [2.05, 4.69) is 11.8 Å². The second kappa shape index (κ2) is 7.14. The van der Waals surface area contributed by atoms with Crippen molar-refractivity contribution >= 4 is 5.97 Å². The summed E-state index contributed by atoms with van der Waals surface area (Å²) in [6, 6.07) is 0.349. The summed E-state index contributed by atoms with van der Waals surface area (Å²) in [5, 5.41) is 28.9. The topological polar surface area (TPSA) is 103 Å². The quantitative estimate of drug-likeness (QED) is 0.745. The van der Waals surface area contributed by atoms with Crippen molar-refractivity contribution in [2.24, 2.45) is 0 Å². The van der Waals surface area contributed by atoms with Gasteiger partial charge in [-0.3, -0.25) is 9.69 Å². The average Bonchev–Trinajstić information content (AvgIpc) is 2.45. The van der Waals surface area contributed by atoms with E-state index in [1.807, 2.05) is 0 Å². The molecule has 0 bridgehead atoms. The highest BCUT2D eigenvalue weighted by Gasteiger charge is 2.28. The number of aromatic hydroxyl groups is 1. The van der Waals surface area contributed by atoms with Crippen molar-refractivity contribution < 1.29 is 20.1 Å². The number of carboxylic acid groups (broad SMARTS) is 1. The number of carbonyl (C=O) groups is 1. The van der Waals surface area contributed by atoms with Crippen molar-refractivity contribution in [3.8, 4) is 5.75 Å². The van der Waals surface area contributed by atoms with Gasteiger partial charge in [0.25, 0.3) is 0 Å². The van der Waals surface area contributed by atoms with E-state index in [0.29, 0.717) is 18.3 Å². The first-order valence-corrected chi connectivity index (χ1v) is 7.90. The van der Waals surface area contributed by atoms with E-state index < -0.39 is 29.3 Å². The van der Waals surface area contributed by atoms with Gasteiger partial charge < -0.3 is 19.9 Å². The number of aliphatic carboxylic acids is 1. The maximum absolute atomic E-state index is 11.8. The number of nitrogens with zero attached hydrogens (tertiary/aromatic N) is 2.